The third-order valence-electron chi connectivity index (χ3n) is 4.98. The standard InChI is InChI=1S/C27H30N2O6/c1-4-33-21-13-7-10-18(24(21)30)16-28-27(20-12-9-15-23(26(20)32)35-6-3)29-17-19-11-8-14-22(25(19)31)34-5-2/h7-17,27,30-32H,4-6H2,1-3H3/b28-16+,29-17+. The molecule has 35 heavy (non-hydrogen) atoms. The van der Waals surface area contributed by atoms with E-state index in [-0.39, 0.29) is 17.2 Å². The molecule has 0 fully saturated rings. The second kappa shape index (κ2) is 12.3. The van der Waals surface area contributed by atoms with Crippen molar-refractivity contribution in [1.82, 2.24) is 0 Å². The SMILES string of the molecule is CCOc1cccc(/C=N/C(/N=C/c2cccc(OCC)c2O)c2cccc(OCC)c2O)c1O. The highest BCUT2D eigenvalue weighted by molar-refractivity contribution is 5.86. The predicted octanol–water partition coefficient (Wildman–Crippen LogP) is 5.24. The molecule has 0 radical (unpaired) electrons. The molecule has 3 N–H and O–H groups in total. The van der Waals surface area contributed by atoms with Crippen LogP contribution in [0.15, 0.2) is 64.6 Å². The molecular formula is C27H30N2O6. The molecule has 0 spiro atoms. The van der Waals surface area contributed by atoms with Crippen LogP contribution in [-0.4, -0.2) is 47.6 Å². The Bertz CT molecular complexity index is 1130. The lowest BCUT2D eigenvalue weighted by Gasteiger charge is -2.14. The van der Waals surface area contributed by atoms with Crippen LogP contribution in [0.4, 0.5) is 0 Å². The Morgan fingerprint density at radius 2 is 1.03 bits per heavy atom. The molecule has 0 saturated carbocycles. The molecule has 3 rings (SSSR count). The average Bonchev–Trinajstić information content (AvgIpc) is 2.85. The summed E-state index contributed by atoms with van der Waals surface area (Å²) in [7, 11) is 0. The van der Waals surface area contributed by atoms with Gasteiger partial charge in [0.25, 0.3) is 0 Å². The van der Waals surface area contributed by atoms with Crippen molar-refractivity contribution in [2.45, 2.75) is 26.9 Å². The number of aliphatic imine (C=N–C) groups is 2. The first-order valence-corrected chi connectivity index (χ1v) is 11.4. The number of hydrogen-bond donors (Lipinski definition) is 3. The van der Waals surface area contributed by atoms with E-state index in [1.807, 2.05) is 20.8 Å². The number of aromatic hydroxyl groups is 3. The lowest BCUT2D eigenvalue weighted by molar-refractivity contribution is 0.316. The van der Waals surface area contributed by atoms with Gasteiger partial charge in [0.05, 0.1) is 19.8 Å². The zero-order valence-electron chi connectivity index (χ0n) is 20.0. The van der Waals surface area contributed by atoms with Gasteiger partial charge in [0.15, 0.2) is 40.7 Å². The highest BCUT2D eigenvalue weighted by Gasteiger charge is 2.17. The Morgan fingerprint density at radius 1 is 0.629 bits per heavy atom. The summed E-state index contributed by atoms with van der Waals surface area (Å²) in [5.41, 5.74) is 1.25. The van der Waals surface area contributed by atoms with E-state index in [2.05, 4.69) is 9.98 Å². The third-order valence-corrected chi connectivity index (χ3v) is 4.98. The van der Waals surface area contributed by atoms with Crippen LogP contribution >= 0.6 is 0 Å². The minimum atomic E-state index is -0.902. The van der Waals surface area contributed by atoms with E-state index in [4.69, 9.17) is 14.2 Å². The normalized spacial score (nSPS) is 11.4. The van der Waals surface area contributed by atoms with E-state index >= 15 is 0 Å². The zero-order chi connectivity index (χ0) is 25.2. The highest BCUT2D eigenvalue weighted by Crippen LogP contribution is 2.37. The number of hydrogen-bond acceptors (Lipinski definition) is 8. The first kappa shape index (κ1) is 25.4. The molecular weight excluding hydrogens is 448 g/mol. The van der Waals surface area contributed by atoms with Crippen molar-refractivity contribution in [3.05, 3.63) is 71.3 Å². The third kappa shape index (κ3) is 6.23. The van der Waals surface area contributed by atoms with Crippen molar-refractivity contribution in [3.8, 4) is 34.5 Å². The minimum absolute atomic E-state index is 0.0461. The van der Waals surface area contributed by atoms with Crippen LogP contribution in [0, 0.1) is 0 Å². The Labute approximate surface area is 204 Å². The molecule has 8 nitrogen and oxygen atoms in total. The van der Waals surface area contributed by atoms with Crippen molar-refractivity contribution < 1.29 is 29.5 Å². The van der Waals surface area contributed by atoms with E-state index in [0.29, 0.717) is 53.8 Å². The van der Waals surface area contributed by atoms with Gasteiger partial charge >= 0.3 is 0 Å². The van der Waals surface area contributed by atoms with Gasteiger partial charge in [-0.25, -0.2) is 0 Å². The van der Waals surface area contributed by atoms with E-state index in [1.54, 1.807) is 54.6 Å². The topological polar surface area (TPSA) is 113 Å². The fraction of sp³-hybridized carbons (Fsp3) is 0.259. The average molecular weight is 479 g/mol. The number of para-hydroxylation sites is 3. The summed E-state index contributed by atoms with van der Waals surface area (Å²) in [5, 5.41) is 31.9. The fourth-order valence-electron chi connectivity index (χ4n) is 3.35. The summed E-state index contributed by atoms with van der Waals surface area (Å²) in [6, 6.07) is 15.3. The summed E-state index contributed by atoms with van der Waals surface area (Å²) >= 11 is 0. The molecule has 0 aliphatic heterocycles. The first-order valence-electron chi connectivity index (χ1n) is 11.4. The molecule has 0 amide bonds. The first-order chi connectivity index (χ1) is 17.0. The Hall–Kier alpha value is -4.20. The van der Waals surface area contributed by atoms with Crippen LogP contribution in [0.2, 0.25) is 0 Å². The van der Waals surface area contributed by atoms with Crippen LogP contribution in [0.1, 0.15) is 43.6 Å². The Kier molecular flexibility index (Phi) is 8.95. The summed E-state index contributed by atoms with van der Waals surface area (Å²) in [4.78, 5) is 9.05. The molecule has 0 unspecified atom stereocenters. The van der Waals surface area contributed by atoms with E-state index in [1.165, 1.54) is 12.4 Å². The fourth-order valence-corrected chi connectivity index (χ4v) is 3.35. The van der Waals surface area contributed by atoms with Crippen molar-refractivity contribution in [2.24, 2.45) is 9.98 Å². The quantitative estimate of drug-likeness (QED) is 0.325. The van der Waals surface area contributed by atoms with Gasteiger partial charge in [-0.05, 0) is 51.1 Å². The largest absolute Gasteiger partial charge is 0.504 e. The summed E-state index contributed by atoms with van der Waals surface area (Å²) in [6.07, 6.45) is 2.02. The maximum atomic E-state index is 10.8. The van der Waals surface area contributed by atoms with Gasteiger partial charge in [-0.2, -0.15) is 0 Å². The van der Waals surface area contributed by atoms with Crippen LogP contribution in [0.3, 0.4) is 0 Å². The lowest BCUT2D eigenvalue weighted by atomic mass is 10.1. The number of rotatable bonds is 11. The molecule has 0 aromatic heterocycles. The van der Waals surface area contributed by atoms with Gasteiger partial charge < -0.3 is 29.5 Å². The van der Waals surface area contributed by atoms with Crippen LogP contribution < -0.4 is 14.2 Å². The zero-order valence-corrected chi connectivity index (χ0v) is 20.0. The van der Waals surface area contributed by atoms with Crippen LogP contribution in [0.5, 0.6) is 34.5 Å². The van der Waals surface area contributed by atoms with Gasteiger partial charge in [-0.1, -0.05) is 24.3 Å². The molecule has 0 bridgehead atoms. The molecule has 0 atom stereocenters. The maximum Gasteiger partial charge on any atom is 0.168 e. The molecule has 8 heteroatoms. The highest BCUT2D eigenvalue weighted by atomic mass is 16.5. The number of ether oxygens (including phenoxy) is 3. The minimum Gasteiger partial charge on any atom is -0.504 e. The number of benzene rings is 3. The van der Waals surface area contributed by atoms with Crippen molar-refractivity contribution in [3.63, 3.8) is 0 Å². The second-order valence-corrected chi connectivity index (χ2v) is 7.31. The van der Waals surface area contributed by atoms with Gasteiger partial charge in [0, 0.05) is 29.1 Å². The van der Waals surface area contributed by atoms with E-state index in [9.17, 15) is 15.3 Å². The number of phenols is 3. The molecule has 0 saturated heterocycles. The van der Waals surface area contributed by atoms with Gasteiger partial charge in [0.1, 0.15) is 0 Å². The molecule has 0 heterocycles. The molecule has 0 aliphatic carbocycles. The predicted molar refractivity (Wildman–Crippen MR) is 136 cm³/mol. The second-order valence-electron chi connectivity index (χ2n) is 7.31. The summed E-state index contributed by atoms with van der Waals surface area (Å²) in [5.74, 6) is 0.812. The van der Waals surface area contributed by atoms with Gasteiger partial charge in [-0.3, -0.25) is 9.98 Å². The lowest BCUT2D eigenvalue weighted by Crippen LogP contribution is -2.00. The van der Waals surface area contributed by atoms with E-state index < -0.39 is 6.17 Å². The number of nitrogens with zero attached hydrogens (tertiary/aromatic N) is 2. The van der Waals surface area contributed by atoms with Crippen molar-refractivity contribution >= 4 is 12.4 Å². The Morgan fingerprint density at radius 3 is 1.46 bits per heavy atom. The van der Waals surface area contributed by atoms with Crippen LogP contribution in [0.25, 0.3) is 0 Å². The molecule has 3 aromatic carbocycles. The Balaban J connectivity index is 2.03. The van der Waals surface area contributed by atoms with Crippen molar-refractivity contribution in [2.75, 3.05) is 19.8 Å². The molecule has 3 aromatic rings. The van der Waals surface area contributed by atoms with Gasteiger partial charge in [-0.15, -0.1) is 0 Å². The molecule has 0 aliphatic rings. The summed E-state index contributed by atoms with van der Waals surface area (Å²) < 4.78 is 16.4. The van der Waals surface area contributed by atoms with E-state index in [0.717, 1.165) is 0 Å². The molecule has 184 valence electrons. The monoisotopic (exact) mass is 478 g/mol. The summed E-state index contributed by atoms with van der Waals surface area (Å²) in [6.45, 7) is 6.67. The van der Waals surface area contributed by atoms with Crippen molar-refractivity contribution in [1.29, 1.82) is 0 Å². The maximum absolute atomic E-state index is 10.8. The number of phenolic OH excluding ortho intramolecular Hbond substituents is 3. The smallest absolute Gasteiger partial charge is 0.168 e. The van der Waals surface area contributed by atoms with Crippen LogP contribution in [-0.2, 0) is 0 Å². The van der Waals surface area contributed by atoms with Gasteiger partial charge in [0.2, 0.25) is 0 Å².